The average Bonchev–Trinajstić information content (AvgIpc) is 3.46. The van der Waals surface area contributed by atoms with Crippen molar-refractivity contribution >= 4 is 21.6 Å². The van der Waals surface area contributed by atoms with Gasteiger partial charge in [-0.2, -0.15) is 4.98 Å². The number of sulfonamides is 1. The minimum atomic E-state index is -3.81. The van der Waals surface area contributed by atoms with Crippen molar-refractivity contribution in [3.8, 4) is 22.9 Å². The topological polar surface area (TPSA) is 124 Å². The van der Waals surface area contributed by atoms with Crippen LogP contribution in [0.3, 0.4) is 0 Å². The maximum atomic E-state index is 12.6. The second-order valence-electron chi connectivity index (χ2n) is 7.05. The van der Waals surface area contributed by atoms with Crippen LogP contribution in [0.15, 0.2) is 51.9 Å². The standard InChI is InChI=1S/C21H22N4O6S/c1-29-17-10-5-14(12-18(17)30-2)21-23-19(31-24-21)13-22-32(27,28)16-8-6-15(7-9-16)25-11-3-4-20(25)26/h5-10,12,22H,3-4,11,13H2,1-2H3. The molecule has 1 saturated heterocycles. The van der Waals surface area contributed by atoms with E-state index in [1.165, 1.54) is 26.4 Å². The first kappa shape index (κ1) is 21.8. The zero-order valence-electron chi connectivity index (χ0n) is 17.6. The third-order valence-corrected chi connectivity index (χ3v) is 6.47. The number of rotatable bonds is 8. The molecular weight excluding hydrogens is 436 g/mol. The zero-order chi connectivity index (χ0) is 22.7. The summed E-state index contributed by atoms with van der Waals surface area (Å²) >= 11 is 0. The smallest absolute Gasteiger partial charge is 0.242 e. The van der Waals surface area contributed by atoms with E-state index in [1.54, 1.807) is 35.2 Å². The molecule has 10 nitrogen and oxygen atoms in total. The lowest BCUT2D eigenvalue weighted by atomic mass is 10.2. The molecule has 1 aliphatic rings. The van der Waals surface area contributed by atoms with Gasteiger partial charge in [-0.15, -0.1) is 0 Å². The van der Waals surface area contributed by atoms with Gasteiger partial charge in [0.05, 0.1) is 25.7 Å². The number of hydrogen-bond acceptors (Lipinski definition) is 8. The molecule has 3 aromatic rings. The third kappa shape index (κ3) is 4.43. The summed E-state index contributed by atoms with van der Waals surface area (Å²) in [5.74, 6) is 1.52. The number of anilines is 1. The summed E-state index contributed by atoms with van der Waals surface area (Å²) in [5, 5.41) is 3.90. The summed E-state index contributed by atoms with van der Waals surface area (Å²) in [4.78, 5) is 17.8. The van der Waals surface area contributed by atoms with Gasteiger partial charge in [0.15, 0.2) is 11.5 Å². The van der Waals surface area contributed by atoms with Gasteiger partial charge in [0.25, 0.3) is 0 Å². The highest BCUT2D eigenvalue weighted by molar-refractivity contribution is 7.89. The molecule has 0 spiro atoms. The normalized spacial score (nSPS) is 14.1. The quantitative estimate of drug-likeness (QED) is 0.546. The Balaban J connectivity index is 1.43. The monoisotopic (exact) mass is 458 g/mol. The Kier molecular flexibility index (Phi) is 6.10. The van der Waals surface area contributed by atoms with Crippen LogP contribution in [0.25, 0.3) is 11.4 Å². The molecule has 11 heteroatoms. The van der Waals surface area contributed by atoms with Crippen molar-refractivity contribution in [1.82, 2.24) is 14.9 Å². The molecule has 0 unspecified atom stereocenters. The fourth-order valence-corrected chi connectivity index (χ4v) is 4.36. The van der Waals surface area contributed by atoms with Crippen molar-refractivity contribution < 1.29 is 27.2 Å². The van der Waals surface area contributed by atoms with Crippen LogP contribution in [-0.4, -0.2) is 45.2 Å². The lowest BCUT2D eigenvalue weighted by Crippen LogP contribution is -2.25. The highest BCUT2D eigenvalue weighted by Crippen LogP contribution is 2.31. The Morgan fingerprint density at radius 2 is 1.84 bits per heavy atom. The van der Waals surface area contributed by atoms with Crippen molar-refractivity contribution in [3.63, 3.8) is 0 Å². The van der Waals surface area contributed by atoms with Gasteiger partial charge in [-0.25, -0.2) is 13.1 Å². The second kappa shape index (κ2) is 8.97. The van der Waals surface area contributed by atoms with E-state index >= 15 is 0 Å². The van der Waals surface area contributed by atoms with Crippen molar-refractivity contribution in [2.24, 2.45) is 0 Å². The Bertz CT molecular complexity index is 1220. The summed E-state index contributed by atoms with van der Waals surface area (Å²) in [6.45, 7) is 0.470. The van der Waals surface area contributed by atoms with Crippen LogP contribution in [-0.2, 0) is 21.4 Å². The molecule has 1 amide bonds. The number of aromatic nitrogens is 2. The molecule has 0 radical (unpaired) electrons. The largest absolute Gasteiger partial charge is 0.493 e. The van der Waals surface area contributed by atoms with Crippen molar-refractivity contribution in [1.29, 1.82) is 0 Å². The number of ether oxygens (including phenoxy) is 2. The van der Waals surface area contributed by atoms with Crippen LogP contribution in [0.5, 0.6) is 11.5 Å². The summed E-state index contributed by atoms with van der Waals surface area (Å²) < 4.78 is 43.3. The van der Waals surface area contributed by atoms with E-state index in [0.717, 1.165) is 6.42 Å². The van der Waals surface area contributed by atoms with E-state index in [1.807, 2.05) is 0 Å². The number of nitrogens with one attached hydrogen (secondary N) is 1. The van der Waals surface area contributed by atoms with Gasteiger partial charge >= 0.3 is 0 Å². The molecule has 2 aromatic carbocycles. The molecule has 0 atom stereocenters. The van der Waals surface area contributed by atoms with Gasteiger partial charge in [0, 0.05) is 24.2 Å². The number of methoxy groups -OCH3 is 2. The Morgan fingerprint density at radius 1 is 1.09 bits per heavy atom. The summed E-state index contributed by atoms with van der Waals surface area (Å²) in [6, 6.07) is 11.3. The van der Waals surface area contributed by atoms with E-state index < -0.39 is 10.0 Å². The van der Waals surface area contributed by atoms with Crippen LogP contribution in [0.4, 0.5) is 5.69 Å². The lowest BCUT2D eigenvalue weighted by molar-refractivity contribution is -0.117. The first-order valence-electron chi connectivity index (χ1n) is 9.86. The average molecular weight is 458 g/mol. The number of nitrogens with zero attached hydrogens (tertiary/aromatic N) is 3. The molecule has 168 valence electrons. The molecule has 0 saturated carbocycles. The third-order valence-electron chi connectivity index (χ3n) is 5.06. The predicted octanol–water partition coefficient (Wildman–Crippen LogP) is 2.36. The molecule has 0 aliphatic carbocycles. The van der Waals surface area contributed by atoms with Crippen LogP contribution >= 0.6 is 0 Å². The van der Waals surface area contributed by atoms with Crippen LogP contribution in [0, 0.1) is 0 Å². The molecule has 4 rings (SSSR count). The molecular formula is C21H22N4O6S. The molecule has 32 heavy (non-hydrogen) atoms. The highest BCUT2D eigenvalue weighted by Gasteiger charge is 2.23. The van der Waals surface area contributed by atoms with Gasteiger partial charge in [-0.1, -0.05) is 5.16 Å². The SMILES string of the molecule is COc1ccc(-c2noc(CNS(=O)(=O)c3ccc(N4CCCC4=O)cc3)n2)cc1OC. The van der Waals surface area contributed by atoms with Gasteiger partial charge in [-0.05, 0) is 48.9 Å². The minimum Gasteiger partial charge on any atom is -0.493 e. The second-order valence-corrected chi connectivity index (χ2v) is 8.82. The number of hydrogen-bond donors (Lipinski definition) is 1. The molecule has 1 aromatic heterocycles. The molecule has 1 fully saturated rings. The fraction of sp³-hybridized carbons (Fsp3) is 0.286. The molecule has 1 aliphatic heterocycles. The molecule has 2 heterocycles. The number of carbonyl (C=O) groups excluding carboxylic acids is 1. The van der Waals surface area contributed by atoms with Gasteiger partial charge in [-0.3, -0.25) is 4.79 Å². The van der Waals surface area contributed by atoms with Gasteiger partial charge in [0.1, 0.15) is 0 Å². The van der Waals surface area contributed by atoms with Crippen molar-refractivity contribution in [2.75, 3.05) is 25.7 Å². The highest BCUT2D eigenvalue weighted by atomic mass is 32.2. The molecule has 1 N–H and O–H groups in total. The number of benzene rings is 2. The zero-order valence-corrected chi connectivity index (χ0v) is 18.4. The van der Waals surface area contributed by atoms with E-state index in [2.05, 4.69) is 14.9 Å². The Hall–Kier alpha value is -3.44. The first-order chi connectivity index (χ1) is 15.4. The van der Waals surface area contributed by atoms with E-state index in [9.17, 15) is 13.2 Å². The minimum absolute atomic E-state index is 0.0420. The van der Waals surface area contributed by atoms with E-state index in [0.29, 0.717) is 41.5 Å². The van der Waals surface area contributed by atoms with Crippen molar-refractivity contribution in [2.45, 2.75) is 24.3 Å². The van der Waals surface area contributed by atoms with Crippen LogP contribution in [0.2, 0.25) is 0 Å². The van der Waals surface area contributed by atoms with Gasteiger partial charge in [0.2, 0.25) is 27.6 Å². The first-order valence-corrected chi connectivity index (χ1v) is 11.3. The van der Waals surface area contributed by atoms with Gasteiger partial charge < -0.3 is 18.9 Å². The Morgan fingerprint density at radius 3 is 2.50 bits per heavy atom. The molecule has 0 bridgehead atoms. The summed E-state index contributed by atoms with van der Waals surface area (Å²) in [5.41, 5.74) is 1.32. The van der Waals surface area contributed by atoms with Crippen LogP contribution in [0.1, 0.15) is 18.7 Å². The maximum Gasteiger partial charge on any atom is 0.242 e. The number of amides is 1. The van der Waals surface area contributed by atoms with Crippen molar-refractivity contribution in [3.05, 3.63) is 48.4 Å². The summed E-state index contributed by atoms with van der Waals surface area (Å²) in [6.07, 6.45) is 1.31. The Labute approximate surface area is 185 Å². The predicted molar refractivity (Wildman–Crippen MR) is 115 cm³/mol. The van der Waals surface area contributed by atoms with E-state index in [-0.39, 0.29) is 23.2 Å². The fourth-order valence-electron chi connectivity index (χ4n) is 3.39. The lowest BCUT2D eigenvalue weighted by Gasteiger charge is -2.15. The van der Waals surface area contributed by atoms with Crippen LogP contribution < -0.4 is 19.1 Å². The number of carbonyl (C=O) groups is 1. The summed E-state index contributed by atoms with van der Waals surface area (Å²) in [7, 11) is -0.746. The maximum absolute atomic E-state index is 12.6. The van der Waals surface area contributed by atoms with E-state index in [4.69, 9.17) is 14.0 Å².